The smallest absolute Gasteiger partial charge is 0.317 e. The second-order valence-corrected chi connectivity index (χ2v) is 13.5. The van der Waals surface area contributed by atoms with Crippen molar-refractivity contribution in [1.82, 2.24) is 20.1 Å². The van der Waals surface area contributed by atoms with Gasteiger partial charge in [-0.15, -0.1) is 6.58 Å². The molecule has 3 fully saturated rings. The van der Waals surface area contributed by atoms with E-state index in [4.69, 9.17) is 19.2 Å². The van der Waals surface area contributed by atoms with Gasteiger partial charge in [0.15, 0.2) is 0 Å². The number of aromatic nitrogens is 1. The summed E-state index contributed by atoms with van der Waals surface area (Å²) in [5.74, 6) is 2.65. The maximum Gasteiger partial charge on any atom is 0.317 e. The topological polar surface area (TPSA) is 93.2 Å². The van der Waals surface area contributed by atoms with Gasteiger partial charge in [-0.3, -0.25) is 4.79 Å². The molecule has 4 heterocycles. The number of nitrogens with one attached hydrogen (secondary N) is 1. The first-order valence-corrected chi connectivity index (χ1v) is 17.4. The highest BCUT2D eigenvalue weighted by Crippen LogP contribution is 2.51. The molecule has 3 saturated heterocycles. The number of pyridine rings is 1. The number of piperidine rings is 1. The Balaban J connectivity index is 1.16. The van der Waals surface area contributed by atoms with Crippen molar-refractivity contribution >= 4 is 33.9 Å². The molecule has 0 radical (unpaired) electrons. The number of rotatable bonds is 9. The average molecular weight is 665 g/mol. The molecule has 0 unspecified atom stereocenters. The van der Waals surface area contributed by atoms with Crippen molar-refractivity contribution in [1.29, 1.82) is 0 Å². The van der Waals surface area contributed by atoms with Gasteiger partial charge in [0.1, 0.15) is 17.2 Å². The largest absolute Gasteiger partial charge is 0.497 e. The van der Waals surface area contributed by atoms with E-state index < -0.39 is 0 Å². The van der Waals surface area contributed by atoms with Gasteiger partial charge in [0.2, 0.25) is 0 Å². The molecular formula is C38H40N4O5S. The van der Waals surface area contributed by atoms with Crippen LogP contribution in [0.4, 0.5) is 9.59 Å². The summed E-state index contributed by atoms with van der Waals surface area (Å²) in [6.07, 6.45) is 3.66. The number of amides is 3. The van der Waals surface area contributed by atoms with Crippen LogP contribution >= 0.6 is 11.8 Å². The lowest BCUT2D eigenvalue weighted by Crippen LogP contribution is -2.48. The second kappa shape index (κ2) is 14.3. The molecule has 0 bridgehead atoms. The summed E-state index contributed by atoms with van der Waals surface area (Å²) in [7, 11) is 1.66. The molecule has 3 aromatic carbocycles. The van der Waals surface area contributed by atoms with Crippen LogP contribution in [0.25, 0.3) is 22.2 Å². The molecule has 3 amide bonds. The van der Waals surface area contributed by atoms with Crippen LogP contribution in [0, 0.1) is 11.8 Å². The SMILES string of the molecule is C=C[C@@H](CNC(=O)N1CCOCC1)[C@H]1CCN2C(=O)S[C@@H](c3cc(-c4ccc(Oc5ccccc5)cc4)nc4ccc(OC)cc34)[C@@H]2C1. The number of hydrogen-bond donors (Lipinski definition) is 1. The first-order chi connectivity index (χ1) is 23.5. The summed E-state index contributed by atoms with van der Waals surface area (Å²) in [6, 6.07) is 25.7. The number of carbonyl (C=O) groups excluding carboxylic acids is 2. The van der Waals surface area contributed by atoms with Crippen molar-refractivity contribution in [3.63, 3.8) is 0 Å². The summed E-state index contributed by atoms with van der Waals surface area (Å²) < 4.78 is 17.0. The monoisotopic (exact) mass is 664 g/mol. The first kappa shape index (κ1) is 32.0. The van der Waals surface area contributed by atoms with Crippen molar-refractivity contribution in [3.8, 4) is 28.5 Å². The van der Waals surface area contributed by atoms with E-state index in [1.54, 1.807) is 12.0 Å². The predicted octanol–water partition coefficient (Wildman–Crippen LogP) is 7.54. The number of ether oxygens (including phenoxy) is 3. The van der Waals surface area contributed by atoms with E-state index in [9.17, 15) is 9.59 Å². The molecule has 1 N–H and O–H groups in total. The van der Waals surface area contributed by atoms with E-state index in [1.807, 2.05) is 83.8 Å². The minimum Gasteiger partial charge on any atom is -0.497 e. The number of carbonyl (C=O) groups is 2. The quantitative estimate of drug-likeness (QED) is 0.185. The highest BCUT2D eigenvalue weighted by Gasteiger charge is 2.46. The third kappa shape index (κ3) is 6.73. The molecule has 0 spiro atoms. The Labute approximate surface area is 285 Å². The maximum atomic E-state index is 13.5. The number of morpholine rings is 1. The Bertz CT molecular complexity index is 1780. The van der Waals surface area contributed by atoms with Crippen LogP contribution < -0.4 is 14.8 Å². The molecule has 9 nitrogen and oxygen atoms in total. The Hall–Kier alpha value is -4.54. The highest BCUT2D eigenvalue weighted by molar-refractivity contribution is 8.14. The number of methoxy groups -OCH3 is 1. The van der Waals surface area contributed by atoms with Crippen molar-refractivity contribution in [2.24, 2.45) is 11.8 Å². The number of benzene rings is 3. The molecule has 10 heteroatoms. The third-order valence-electron chi connectivity index (χ3n) is 9.68. The van der Waals surface area contributed by atoms with E-state index >= 15 is 0 Å². The average Bonchev–Trinajstić information content (AvgIpc) is 3.47. The van der Waals surface area contributed by atoms with Gasteiger partial charge in [-0.2, -0.15) is 0 Å². The second-order valence-electron chi connectivity index (χ2n) is 12.5. The van der Waals surface area contributed by atoms with Gasteiger partial charge in [-0.1, -0.05) is 36.0 Å². The van der Waals surface area contributed by atoms with Gasteiger partial charge in [0.25, 0.3) is 5.24 Å². The number of thioether (sulfide) groups is 1. The van der Waals surface area contributed by atoms with Crippen LogP contribution in [0.3, 0.4) is 0 Å². The van der Waals surface area contributed by atoms with Crippen LogP contribution in [0.15, 0.2) is 91.5 Å². The summed E-state index contributed by atoms with van der Waals surface area (Å²) in [6.45, 7) is 7.68. The Morgan fingerprint density at radius 3 is 2.54 bits per heavy atom. The van der Waals surface area contributed by atoms with Gasteiger partial charge in [0.05, 0.1) is 36.8 Å². The van der Waals surface area contributed by atoms with E-state index in [-0.39, 0.29) is 34.4 Å². The highest BCUT2D eigenvalue weighted by atomic mass is 32.2. The predicted molar refractivity (Wildman–Crippen MR) is 189 cm³/mol. The van der Waals surface area contributed by atoms with Crippen LogP contribution in [0.2, 0.25) is 0 Å². The molecule has 0 aliphatic carbocycles. The van der Waals surface area contributed by atoms with E-state index in [0.29, 0.717) is 39.4 Å². The van der Waals surface area contributed by atoms with Gasteiger partial charge in [-0.05, 0) is 90.9 Å². The van der Waals surface area contributed by atoms with Crippen molar-refractivity contribution in [3.05, 3.63) is 97.1 Å². The zero-order valence-electron chi connectivity index (χ0n) is 27.0. The Morgan fingerprint density at radius 1 is 1.04 bits per heavy atom. The number of para-hydroxylation sites is 1. The summed E-state index contributed by atoms with van der Waals surface area (Å²) in [4.78, 5) is 35.2. The lowest BCUT2D eigenvalue weighted by atomic mass is 9.79. The van der Waals surface area contributed by atoms with E-state index in [1.165, 1.54) is 11.8 Å². The molecule has 248 valence electrons. The van der Waals surface area contributed by atoms with Crippen molar-refractivity contribution in [2.45, 2.75) is 24.1 Å². The number of fused-ring (bicyclic) bond motifs is 2. The van der Waals surface area contributed by atoms with Crippen LogP contribution in [-0.4, -0.2) is 78.6 Å². The molecular weight excluding hydrogens is 625 g/mol. The summed E-state index contributed by atoms with van der Waals surface area (Å²) in [5.41, 5.74) is 3.72. The minimum absolute atomic E-state index is 0.00458. The van der Waals surface area contributed by atoms with Gasteiger partial charge < -0.3 is 29.3 Å². The fourth-order valence-electron chi connectivity index (χ4n) is 7.04. The molecule has 48 heavy (non-hydrogen) atoms. The molecule has 7 rings (SSSR count). The Kier molecular flexibility index (Phi) is 9.54. The molecule has 4 aromatic rings. The van der Waals surface area contributed by atoms with Gasteiger partial charge in [0, 0.05) is 43.2 Å². The number of nitrogens with zero attached hydrogens (tertiary/aromatic N) is 3. The van der Waals surface area contributed by atoms with Crippen LogP contribution in [0.1, 0.15) is 23.7 Å². The Morgan fingerprint density at radius 2 is 1.79 bits per heavy atom. The summed E-state index contributed by atoms with van der Waals surface area (Å²) >= 11 is 1.40. The minimum atomic E-state index is -0.0919. The van der Waals surface area contributed by atoms with Gasteiger partial charge in [-0.25, -0.2) is 9.78 Å². The summed E-state index contributed by atoms with van der Waals surface area (Å²) in [5, 5.41) is 4.13. The molecule has 3 aliphatic heterocycles. The molecule has 4 atom stereocenters. The van der Waals surface area contributed by atoms with Crippen LogP contribution in [-0.2, 0) is 4.74 Å². The lowest BCUT2D eigenvalue weighted by molar-refractivity contribution is 0.0527. The first-order valence-electron chi connectivity index (χ1n) is 16.5. The van der Waals surface area contributed by atoms with Crippen LogP contribution in [0.5, 0.6) is 17.2 Å². The fourth-order valence-corrected chi connectivity index (χ4v) is 8.36. The van der Waals surface area contributed by atoms with Crippen molar-refractivity contribution in [2.75, 3.05) is 46.5 Å². The van der Waals surface area contributed by atoms with E-state index in [2.05, 4.69) is 18.0 Å². The van der Waals surface area contributed by atoms with Gasteiger partial charge >= 0.3 is 6.03 Å². The number of hydrogen-bond acceptors (Lipinski definition) is 7. The number of urea groups is 1. The molecule has 3 aliphatic rings. The third-order valence-corrected chi connectivity index (χ3v) is 10.9. The maximum absolute atomic E-state index is 13.5. The fraction of sp³-hybridized carbons (Fsp3) is 0.342. The lowest BCUT2D eigenvalue weighted by Gasteiger charge is -2.39. The van der Waals surface area contributed by atoms with Crippen molar-refractivity contribution < 1.29 is 23.8 Å². The zero-order valence-corrected chi connectivity index (χ0v) is 27.9. The molecule has 1 aromatic heterocycles. The standard InChI is InChI=1S/C38H40N4O5S/c1-3-25(24-39-37(43)41-17-19-46-20-18-41)27-15-16-42-35(21-27)36(48-38(42)44)32-23-34(40-33-14-13-30(45-2)22-31(32)33)26-9-11-29(12-10-26)47-28-7-5-4-6-8-28/h3-14,22-23,25,27,35-36H,1,15-21,24H2,2H3,(H,39,43)/t25-,27-,35-,36-/m0/s1. The molecule has 0 saturated carbocycles. The zero-order chi connectivity index (χ0) is 33.0. The normalized spacial score (nSPS) is 21.4. The van der Waals surface area contributed by atoms with E-state index in [0.717, 1.165) is 57.8 Å².